The minimum absolute atomic E-state index is 0.0428. The van der Waals surface area contributed by atoms with Crippen molar-refractivity contribution in [2.24, 2.45) is 0 Å². The lowest BCUT2D eigenvalue weighted by Gasteiger charge is -2.19. The molecule has 0 fully saturated rings. The van der Waals surface area contributed by atoms with E-state index in [1.54, 1.807) is 36.0 Å². The topological polar surface area (TPSA) is 46.2 Å². The van der Waals surface area contributed by atoms with E-state index in [0.717, 1.165) is 10.2 Å². The van der Waals surface area contributed by atoms with Gasteiger partial charge in [-0.15, -0.1) is 11.8 Å². The van der Waals surface area contributed by atoms with E-state index in [2.05, 4.69) is 42.0 Å². The molecular formula is C26H26BrNO2S. The van der Waals surface area contributed by atoms with Gasteiger partial charge in [0.05, 0.1) is 5.75 Å². The predicted molar refractivity (Wildman–Crippen MR) is 134 cm³/mol. The minimum atomic E-state index is -0.0822. The van der Waals surface area contributed by atoms with Gasteiger partial charge in [-0.05, 0) is 40.8 Å². The molecule has 0 unspecified atom stereocenters. The van der Waals surface area contributed by atoms with Crippen molar-refractivity contribution >= 4 is 45.1 Å². The molecule has 0 aromatic heterocycles. The van der Waals surface area contributed by atoms with Gasteiger partial charge in [0.25, 0.3) is 0 Å². The van der Waals surface area contributed by atoms with Gasteiger partial charge in [-0.25, -0.2) is 0 Å². The van der Waals surface area contributed by atoms with Crippen LogP contribution in [0, 0.1) is 0 Å². The van der Waals surface area contributed by atoms with Crippen LogP contribution >= 0.6 is 27.7 Å². The van der Waals surface area contributed by atoms with Crippen LogP contribution in [0.3, 0.4) is 0 Å². The Labute approximate surface area is 196 Å². The second-order valence-corrected chi connectivity index (χ2v) is 10.3. The summed E-state index contributed by atoms with van der Waals surface area (Å²) in [7, 11) is 0. The lowest BCUT2D eigenvalue weighted by Crippen LogP contribution is -2.14. The number of nitrogens with one attached hydrogen (secondary N) is 1. The average Bonchev–Trinajstić information content (AvgIpc) is 2.74. The molecule has 31 heavy (non-hydrogen) atoms. The molecule has 5 heteroatoms. The Hall–Kier alpha value is -2.37. The molecule has 3 rings (SSSR count). The van der Waals surface area contributed by atoms with Gasteiger partial charge in [-0.1, -0.05) is 85.2 Å². The smallest absolute Gasteiger partial charge is 0.234 e. The third kappa shape index (κ3) is 6.81. The molecule has 0 saturated heterocycles. The predicted octanol–water partition coefficient (Wildman–Crippen LogP) is 6.85. The normalized spacial score (nSPS) is 11.2. The molecule has 0 aliphatic heterocycles. The first-order valence-corrected chi connectivity index (χ1v) is 12.0. The van der Waals surface area contributed by atoms with Crippen LogP contribution in [0.4, 0.5) is 5.69 Å². The summed E-state index contributed by atoms with van der Waals surface area (Å²) in [6, 6.07) is 22.9. The van der Waals surface area contributed by atoms with Gasteiger partial charge in [0.1, 0.15) is 0 Å². The zero-order valence-corrected chi connectivity index (χ0v) is 20.3. The van der Waals surface area contributed by atoms with Crippen molar-refractivity contribution in [2.75, 3.05) is 11.1 Å². The van der Waals surface area contributed by atoms with E-state index in [9.17, 15) is 9.59 Å². The van der Waals surface area contributed by atoms with E-state index in [1.807, 2.05) is 48.5 Å². The van der Waals surface area contributed by atoms with Crippen LogP contribution in [0.15, 0.2) is 77.3 Å². The molecule has 0 bridgehead atoms. The minimum Gasteiger partial charge on any atom is -0.325 e. The first-order chi connectivity index (χ1) is 14.7. The summed E-state index contributed by atoms with van der Waals surface area (Å²) in [5, 5.41) is 2.89. The Morgan fingerprint density at radius 1 is 0.903 bits per heavy atom. The molecular weight excluding hydrogens is 470 g/mol. The SMILES string of the molecule is CC(C)(C)c1ccc(C(=O)c2cccc(NC(=O)CSCc3ccc(Br)cc3)c2)cc1. The molecule has 0 aliphatic rings. The summed E-state index contributed by atoms with van der Waals surface area (Å²) in [4.78, 5) is 25.2. The van der Waals surface area contributed by atoms with Crippen LogP contribution in [-0.4, -0.2) is 17.4 Å². The van der Waals surface area contributed by atoms with Gasteiger partial charge in [0.15, 0.2) is 5.78 Å². The number of benzene rings is 3. The summed E-state index contributed by atoms with van der Waals surface area (Å²) >= 11 is 4.98. The van der Waals surface area contributed by atoms with Crippen LogP contribution < -0.4 is 5.32 Å². The van der Waals surface area contributed by atoms with Crippen molar-refractivity contribution in [1.82, 2.24) is 0 Å². The number of ketones is 1. The number of hydrogen-bond donors (Lipinski definition) is 1. The first-order valence-electron chi connectivity index (χ1n) is 10.1. The molecule has 1 amide bonds. The Bertz CT molecular complexity index is 1050. The van der Waals surface area contributed by atoms with Gasteiger partial charge < -0.3 is 5.32 Å². The maximum Gasteiger partial charge on any atom is 0.234 e. The molecule has 0 aliphatic carbocycles. The van der Waals surface area contributed by atoms with Crippen molar-refractivity contribution in [3.63, 3.8) is 0 Å². The number of amides is 1. The van der Waals surface area contributed by atoms with E-state index < -0.39 is 0 Å². The van der Waals surface area contributed by atoms with Crippen LogP contribution in [0.25, 0.3) is 0 Å². The van der Waals surface area contributed by atoms with E-state index in [4.69, 9.17) is 0 Å². The highest BCUT2D eigenvalue weighted by molar-refractivity contribution is 9.10. The van der Waals surface area contributed by atoms with Crippen molar-refractivity contribution in [3.8, 4) is 0 Å². The molecule has 1 N–H and O–H groups in total. The highest BCUT2D eigenvalue weighted by atomic mass is 79.9. The van der Waals surface area contributed by atoms with E-state index in [-0.39, 0.29) is 17.1 Å². The number of carbonyl (C=O) groups is 2. The van der Waals surface area contributed by atoms with Crippen LogP contribution in [0.2, 0.25) is 0 Å². The number of halogens is 1. The third-order valence-corrected chi connectivity index (χ3v) is 6.37. The van der Waals surface area contributed by atoms with Gasteiger partial charge in [-0.2, -0.15) is 0 Å². The summed E-state index contributed by atoms with van der Waals surface area (Å²) in [6.07, 6.45) is 0. The quantitative estimate of drug-likeness (QED) is 0.364. The van der Waals surface area contributed by atoms with Crippen molar-refractivity contribution in [3.05, 3.63) is 99.5 Å². The lowest BCUT2D eigenvalue weighted by molar-refractivity contribution is -0.113. The van der Waals surface area contributed by atoms with Crippen LogP contribution in [0.1, 0.15) is 47.8 Å². The highest BCUT2D eigenvalue weighted by Crippen LogP contribution is 2.23. The van der Waals surface area contributed by atoms with Crippen LogP contribution in [-0.2, 0) is 16.0 Å². The lowest BCUT2D eigenvalue weighted by atomic mass is 9.86. The van der Waals surface area contributed by atoms with E-state index in [0.29, 0.717) is 22.6 Å². The fourth-order valence-corrected chi connectivity index (χ4v) is 4.12. The van der Waals surface area contributed by atoms with Gasteiger partial charge >= 0.3 is 0 Å². The summed E-state index contributed by atoms with van der Waals surface area (Å²) in [6.45, 7) is 6.44. The number of anilines is 1. The van der Waals surface area contributed by atoms with Crippen molar-refractivity contribution < 1.29 is 9.59 Å². The molecule has 0 atom stereocenters. The Kier molecular flexibility index (Phi) is 7.74. The maximum atomic E-state index is 12.9. The molecule has 0 saturated carbocycles. The number of thioether (sulfide) groups is 1. The molecule has 3 nitrogen and oxygen atoms in total. The standard InChI is InChI=1S/C26H26BrNO2S/c1-26(2,3)21-11-9-19(10-12-21)25(30)20-5-4-6-23(15-20)28-24(29)17-31-16-18-7-13-22(27)14-8-18/h4-15H,16-17H2,1-3H3,(H,28,29). The summed E-state index contributed by atoms with van der Waals surface area (Å²) in [5.74, 6) is 0.981. The number of hydrogen-bond acceptors (Lipinski definition) is 3. The Morgan fingerprint density at radius 3 is 2.23 bits per heavy atom. The number of rotatable bonds is 7. The average molecular weight is 496 g/mol. The summed E-state index contributed by atoms with van der Waals surface area (Å²) < 4.78 is 1.04. The molecule has 0 spiro atoms. The maximum absolute atomic E-state index is 12.9. The number of carbonyl (C=O) groups excluding carboxylic acids is 2. The molecule has 3 aromatic carbocycles. The first kappa shape index (κ1) is 23.3. The van der Waals surface area contributed by atoms with Crippen molar-refractivity contribution in [2.45, 2.75) is 31.9 Å². The zero-order chi connectivity index (χ0) is 22.4. The second kappa shape index (κ2) is 10.3. The van der Waals surface area contributed by atoms with Gasteiger partial charge in [0.2, 0.25) is 5.91 Å². The fraction of sp³-hybridized carbons (Fsp3) is 0.231. The molecule has 160 valence electrons. The monoisotopic (exact) mass is 495 g/mol. The molecule has 3 aromatic rings. The van der Waals surface area contributed by atoms with Gasteiger partial charge in [0, 0.05) is 27.0 Å². The summed E-state index contributed by atoms with van der Waals surface area (Å²) in [5.41, 5.74) is 4.23. The molecule has 0 radical (unpaired) electrons. The second-order valence-electron chi connectivity index (χ2n) is 8.40. The highest BCUT2D eigenvalue weighted by Gasteiger charge is 2.15. The Balaban J connectivity index is 1.58. The largest absolute Gasteiger partial charge is 0.325 e. The Morgan fingerprint density at radius 2 is 1.58 bits per heavy atom. The fourth-order valence-electron chi connectivity index (χ4n) is 3.07. The van der Waals surface area contributed by atoms with E-state index >= 15 is 0 Å². The van der Waals surface area contributed by atoms with E-state index in [1.165, 1.54) is 11.1 Å². The van der Waals surface area contributed by atoms with Crippen molar-refractivity contribution in [1.29, 1.82) is 0 Å². The van der Waals surface area contributed by atoms with Gasteiger partial charge in [-0.3, -0.25) is 9.59 Å². The zero-order valence-electron chi connectivity index (χ0n) is 17.9. The van der Waals surface area contributed by atoms with Crippen LogP contribution in [0.5, 0.6) is 0 Å². The molecule has 0 heterocycles. The third-order valence-electron chi connectivity index (χ3n) is 4.84.